The van der Waals surface area contributed by atoms with Gasteiger partial charge in [-0.2, -0.15) is 0 Å². The van der Waals surface area contributed by atoms with Gasteiger partial charge in [-0.05, 0) is 12.3 Å². The molecule has 0 amide bonds. The van der Waals surface area contributed by atoms with Crippen molar-refractivity contribution in [2.45, 2.75) is 39.2 Å². The molecule has 1 aromatic rings. The summed E-state index contributed by atoms with van der Waals surface area (Å²) in [7, 11) is -2.02. The third-order valence-corrected chi connectivity index (χ3v) is 4.38. The van der Waals surface area contributed by atoms with Crippen molar-refractivity contribution < 1.29 is 17.9 Å². The van der Waals surface area contributed by atoms with Gasteiger partial charge >= 0.3 is 0 Å². The van der Waals surface area contributed by atoms with Gasteiger partial charge < -0.3 is 9.52 Å². The quantitative estimate of drug-likeness (QED) is 0.908. The highest BCUT2D eigenvalue weighted by Gasteiger charge is 2.28. The van der Waals surface area contributed by atoms with Gasteiger partial charge in [0, 0.05) is 19.7 Å². The molecule has 0 aromatic carbocycles. The van der Waals surface area contributed by atoms with Crippen molar-refractivity contribution in [2.75, 3.05) is 13.6 Å². The predicted molar refractivity (Wildman–Crippen MR) is 68.6 cm³/mol. The standard InChI is InChI=1S/C12H21NO4S/c1-9-11(6-10(7-14)17-9)18(15,16)13(5)8-12(2,3)4/h6,14H,7-8H2,1-5H3. The van der Waals surface area contributed by atoms with Crippen molar-refractivity contribution in [3.05, 3.63) is 17.6 Å². The first-order valence-electron chi connectivity index (χ1n) is 5.74. The largest absolute Gasteiger partial charge is 0.462 e. The Labute approximate surface area is 108 Å². The van der Waals surface area contributed by atoms with Crippen LogP contribution in [0.1, 0.15) is 32.3 Å². The number of furan rings is 1. The number of nitrogens with zero attached hydrogens (tertiary/aromatic N) is 1. The summed E-state index contributed by atoms with van der Waals surface area (Å²) in [4.78, 5) is 0.123. The Hall–Kier alpha value is -0.850. The topological polar surface area (TPSA) is 70.8 Å². The Morgan fingerprint density at radius 3 is 2.33 bits per heavy atom. The van der Waals surface area contributed by atoms with Crippen LogP contribution in [-0.4, -0.2) is 31.4 Å². The summed E-state index contributed by atoms with van der Waals surface area (Å²) < 4.78 is 31.2. The number of sulfonamides is 1. The maximum absolute atomic E-state index is 12.3. The minimum Gasteiger partial charge on any atom is -0.462 e. The second-order valence-electron chi connectivity index (χ2n) is 5.61. The highest BCUT2D eigenvalue weighted by Crippen LogP contribution is 2.25. The summed E-state index contributed by atoms with van der Waals surface area (Å²) in [5, 5.41) is 8.96. The third-order valence-electron chi connectivity index (χ3n) is 2.46. The number of aliphatic hydroxyl groups is 1. The summed E-state index contributed by atoms with van der Waals surface area (Å²) in [5.41, 5.74) is -0.126. The zero-order valence-electron chi connectivity index (χ0n) is 11.5. The van der Waals surface area contributed by atoms with E-state index in [1.165, 1.54) is 10.4 Å². The Kier molecular flexibility index (Phi) is 4.25. The average Bonchev–Trinajstić information content (AvgIpc) is 2.57. The molecule has 0 saturated carbocycles. The molecule has 1 aromatic heterocycles. The van der Waals surface area contributed by atoms with E-state index in [0.29, 0.717) is 12.3 Å². The molecule has 0 radical (unpaired) electrons. The highest BCUT2D eigenvalue weighted by atomic mass is 32.2. The Bertz CT molecular complexity index is 511. The van der Waals surface area contributed by atoms with Crippen LogP contribution in [-0.2, 0) is 16.6 Å². The molecule has 0 aliphatic carbocycles. The summed E-state index contributed by atoms with van der Waals surface area (Å²) in [6.45, 7) is 7.60. The van der Waals surface area contributed by atoms with Gasteiger partial charge in [0.05, 0.1) is 0 Å². The fraction of sp³-hybridized carbons (Fsp3) is 0.667. The summed E-state index contributed by atoms with van der Waals surface area (Å²) in [6, 6.07) is 1.38. The van der Waals surface area contributed by atoms with E-state index in [9.17, 15) is 8.42 Å². The smallest absolute Gasteiger partial charge is 0.246 e. The summed E-state index contributed by atoms with van der Waals surface area (Å²) >= 11 is 0. The second-order valence-corrected chi connectivity index (χ2v) is 7.63. The van der Waals surface area contributed by atoms with Crippen molar-refractivity contribution in [1.82, 2.24) is 4.31 Å². The van der Waals surface area contributed by atoms with E-state index in [0.717, 1.165) is 0 Å². The molecule has 0 fully saturated rings. The normalized spacial score (nSPS) is 13.3. The molecule has 0 aliphatic rings. The number of hydrogen-bond acceptors (Lipinski definition) is 4. The fourth-order valence-electron chi connectivity index (χ4n) is 1.78. The molecule has 5 nitrogen and oxygen atoms in total. The lowest BCUT2D eigenvalue weighted by Crippen LogP contribution is -2.34. The van der Waals surface area contributed by atoms with Gasteiger partial charge in [-0.1, -0.05) is 20.8 Å². The van der Waals surface area contributed by atoms with Crippen LogP contribution in [0, 0.1) is 12.3 Å². The maximum atomic E-state index is 12.3. The van der Waals surface area contributed by atoms with Crippen molar-refractivity contribution in [3.8, 4) is 0 Å². The number of hydrogen-bond donors (Lipinski definition) is 1. The monoisotopic (exact) mass is 275 g/mol. The molecule has 18 heavy (non-hydrogen) atoms. The molecule has 1 N–H and O–H groups in total. The summed E-state index contributed by atoms with van der Waals surface area (Å²) in [6.07, 6.45) is 0. The molecular weight excluding hydrogens is 254 g/mol. The molecule has 0 unspecified atom stereocenters. The van der Waals surface area contributed by atoms with Crippen LogP contribution in [0.2, 0.25) is 0 Å². The third kappa shape index (κ3) is 3.34. The Morgan fingerprint density at radius 1 is 1.39 bits per heavy atom. The first-order chi connectivity index (χ1) is 8.08. The molecular formula is C12H21NO4S. The van der Waals surface area contributed by atoms with Crippen LogP contribution in [0.4, 0.5) is 0 Å². The van der Waals surface area contributed by atoms with Crippen molar-refractivity contribution in [2.24, 2.45) is 5.41 Å². The van der Waals surface area contributed by atoms with E-state index < -0.39 is 10.0 Å². The fourth-order valence-corrected chi connectivity index (χ4v) is 3.36. The molecule has 0 aliphatic heterocycles. The highest BCUT2D eigenvalue weighted by molar-refractivity contribution is 7.89. The molecule has 0 saturated heterocycles. The van der Waals surface area contributed by atoms with Gasteiger partial charge in [-0.25, -0.2) is 12.7 Å². The van der Waals surface area contributed by atoms with E-state index in [1.807, 2.05) is 20.8 Å². The molecule has 0 spiro atoms. The van der Waals surface area contributed by atoms with E-state index in [2.05, 4.69) is 0 Å². The van der Waals surface area contributed by atoms with Crippen LogP contribution >= 0.6 is 0 Å². The number of rotatable bonds is 4. The summed E-state index contributed by atoms with van der Waals surface area (Å²) in [5.74, 6) is 0.565. The van der Waals surface area contributed by atoms with E-state index in [4.69, 9.17) is 9.52 Å². The molecule has 0 atom stereocenters. The van der Waals surface area contributed by atoms with Gasteiger partial charge in [0.2, 0.25) is 10.0 Å². The van der Waals surface area contributed by atoms with Gasteiger partial charge in [0.15, 0.2) is 0 Å². The zero-order valence-corrected chi connectivity index (χ0v) is 12.3. The predicted octanol–water partition coefficient (Wildman–Crippen LogP) is 1.75. The van der Waals surface area contributed by atoms with Crippen LogP contribution in [0.15, 0.2) is 15.4 Å². The number of aliphatic hydroxyl groups excluding tert-OH is 1. The molecule has 0 bridgehead atoms. The Morgan fingerprint density at radius 2 is 1.94 bits per heavy atom. The van der Waals surface area contributed by atoms with Gasteiger partial charge in [0.1, 0.15) is 23.0 Å². The lowest BCUT2D eigenvalue weighted by Gasteiger charge is -2.25. The van der Waals surface area contributed by atoms with Crippen molar-refractivity contribution in [3.63, 3.8) is 0 Å². The minimum absolute atomic E-state index is 0.123. The van der Waals surface area contributed by atoms with Crippen molar-refractivity contribution in [1.29, 1.82) is 0 Å². The first-order valence-corrected chi connectivity index (χ1v) is 7.18. The zero-order chi connectivity index (χ0) is 14.1. The van der Waals surface area contributed by atoms with E-state index >= 15 is 0 Å². The lowest BCUT2D eigenvalue weighted by atomic mass is 9.97. The van der Waals surface area contributed by atoms with Crippen LogP contribution in [0.25, 0.3) is 0 Å². The van der Waals surface area contributed by atoms with E-state index in [1.54, 1.807) is 14.0 Å². The number of aryl methyl sites for hydroxylation is 1. The van der Waals surface area contributed by atoms with Crippen LogP contribution < -0.4 is 0 Å². The van der Waals surface area contributed by atoms with E-state index in [-0.39, 0.29) is 22.7 Å². The SMILES string of the molecule is Cc1oc(CO)cc1S(=O)(=O)N(C)CC(C)(C)C. The van der Waals surface area contributed by atoms with Crippen LogP contribution in [0.3, 0.4) is 0 Å². The molecule has 1 rings (SSSR count). The molecule has 104 valence electrons. The second kappa shape index (κ2) is 5.03. The van der Waals surface area contributed by atoms with Gasteiger partial charge in [-0.15, -0.1) is 0 Å². The average molecular weight is 275 g/mol. The van der Waals surface area contributed by atoms with Crippen LogP contribution in [0.5, 0.6) is 0 Å². The lowest BCUT2D eigenvalue weighted by molar-refractivity contribution is 0.244. The maximum Gasteiger partial charge on any atom is 0.246 e. The Balaban J connectivity index is 3.09. The minimum atomic E-state index is -3.56. The molecule has 6 heteroatoms. The van der Waals surface area contributed by atoms with Gasteiger partial charge in [0.25, 0.3) is 0 Å². The first kappa shape index (κ1) is 15.2. The van der Waals surface area contributed by atoms with Crippen molar-refractivity contribution >= 4 is 10.0 Å². The van der Waals surface area contributed by atoms with Gasteiger partial charge in [-0.3, -0.25) is 0 Å². The molecule has 1 heterocycles.